The molecule has 1 saturated heterocycles. The van der Waals surface area contributed by atoms with E-state index in [2.05, 4.69) is 16.0 Å². The number of carbonyl (C=O) groups is 2. The molecule has 2 aromatic rings. The maximum Gasteiger partial charge on any atom is 0.247 e. The summed E-state index contributed by atoms with van der Waals surface area (Å²) >= 11 is 6.06. The fourth-order valence-electron chi connectivity index (χ4n) is 2.44. The third-order valence-corrected chi connectivity index (χ3v) is 3.84. The summed E-state index contributed by atoms with van der Waals surface area (Å²) in [4.78, 5) is 23.5. The van der Waals surface area contributed by atoms with Gasteiger partial charge in [0.25, 0.3) is 0 Å². The third-order valence-electron chi connectivity index (χ3n) is 3.60. The lowest BCUT2D eigenvalue weighted by molar-refractivity contribution is -0.122. The Kier molecular flexibility index (Phi) is 4.48. The van der Waals surface area contributed by atoms with Gasteiger partial charge in [0.1, 0.15) is 6.04 Å². The van der Waals surface area contributed by atoms with Crippen LogP contribution in [0.15, 0.2) is 48.5 Å². The molecule has 2 aromatic carbocycles. The zero-order valence-corrected chi connectivity index (χ0v) is 13.1. The molecule has 1 aliphatic rings. The lowest BCUT2D eigenvalue weighted by Crippen LogP contribution is -2.37. The summed E-state index contributed by atoms with van der Waals surface area (Å²) in [6.07, 6.45) is 0.896. The van der Waals surface area contributed by atoms with Gasteiger partial charge < -0.3 is 16.0 Å². The first kappa shape index (κ1) is 15.4. The van der Waals surface area contributed by atoms with Crippen LogP contribution in [0.4, 0.5) is 17.1 Å². The van der Waals surface area contributed by atoms with Crippen LogP contribution in [0.1, 0.15) is 12.8 Å². The van der Waals surface area contributed by atoms with E-state index >= 15 is 0 Å². The average Bonchev–Trinajstić information content (AvgIpc) is 2.98. The van der Waals surface area contributed by atoms with E-state index in [1.54, 1.807) is 18.2 Å². The topological polar surface area (TPSA) is 70.2 Å². The largest absolute Gasteiger partial charge is 0.354 e. The highest BCUT2D eigenvalue weighted by molar-refractivity contribution is 6.31. The first-order valence-electron chi connectivity index (χ1n) is 7.34. The molecule has 3 rings (SSSR count). The molecule has 0 radical (unpaired) electrons. The molecule has 1 heterocycles. The van der Waals surface area contributed by atoms with Gasteiger partial charge in [0.15, 0.2) is 0 Å². The van der Waals surface area contributed by atoms with Gasteiger partial charge in [-0.05, 0) is 36.8 Å². The minimum Gasteiger partial charge on any atom is -0.354 e. The van der Waals surface area contributed by atoms with Crippen molar-refractivity contribution in [1.29, 1.82) is 0 Å². The Hall–Kier alpha value is -2.53. The first-order chi connectivity index (χ1) is 11.1. The Morgan fingerprint density at radius 3 is 2.61 bits per heavy atom. The number of hydrogen-bond acceptors (Lipinski definition) is 3. The van der Waals surface area contributed by atoms with E-state index in [9.17, 15) is 9.59 Å². The van der Waals surface area contributed by atoms with E-state index < -0.39 is 6.04 Å². The molecule has 1 aliphatic heterocycles. The lowest BCUT2D eigenvalue weighted by Gasteiger charge is -2.16. The predicted molar refractivity (Wildman–Crippen MR) is 91.0 cm³/mol. The van der Waals surface area contributed by atoms with Crippen molar-refractivity contribution in [1.82, 2.24) is 5.32 Å². The molecule has 0 bridgehead atoms. The van der Waals surface area contributed by atoms with E-state index in [1.807, 2.05) is 30.3 Å². The van der Waals surface area contributed by atoms with Crippen LogP contribution in [-0.4, -0.2) is 17.9 Å². The van der Waals surface area contributed by atoms with Crippen LogP contribution in [-0.2, 0) is 9.59 Å². The number of carbonyl (C=O) groups excluding carboxylic acids is 2. The molecule has 0 aliphatic carbocycles. The Bertz CT molecular complexity index is 734. The molecule has 1 fully saturated rings. The van der Waals surface area contributed by atoms with Crippen molar-refractivity contribution >= 4 is 40.5 Å². The first-order valence-corrected chi connectivity index (χ1v) is 7.71. The number of benzene rings is 2. The molecule has 23 heavy (non-hydrogen) atoms. The minimum atomic E-state index is -0.484. The third kappa shape index (κ3) is 3.81. The molecular formula is C17H16ClN3O2. The number of nitrogens with one attached hydrogen (secondary N) is 3. The molecule has 0 aromatic heterocycles. The molecule has 1 atom stereocenters. The number of anilines is 3. The molecule has 118 valence electrons. The standard InChI is InChI=1S/C17H16ClN3O2/c18-11-6-7-13(21-17(23)14-8-9-16(22)20-14)15(10-11)19-12-4-2-1-3-5-12/h1-7,10,14,19H,8-9H2,(H,20,22)(H,21,23). The van der Waals surface area contributed by atoms with Gasteiger partial charge in [-0.1, -0.05) is 29.8 Å². The van der Waals surface area contributed by atoms with E-state index in [0.29, 0.717) is 29.2 Å². The molecule has 3 N–H and O–H groups in total. The summed E-state index contributed by atoms with van der Waals surface area (Å²) in [5.74, 6) is -0.321. The van der Waals surface area contributed by atoms with Crippen LogP contribution in [0.3, 0.4) is 0 Å². The van der Waals surface area contributed by atoms with Crippen molar-refractivity contribution in [3.05, 3.63) is 53.6 Å². The maximum absolute atomic E-state index is 12.3. The fraction of sp³-hybridized carbons (Fsp3) is 0.176. The van der Waals surface area contributed by atoms with Gasteiger partial charge in [0.05, 0.1) is 11.4 Å². The smallest absolute Gasteiger partial charge is 0.247 e. The molecule has 0 spiro atoms. The minimum absolute atomic E-state index is 0.0936. The monoisotopic (exact) mass is 329 g/mol. The average molecular weight is 330 g/mol. The van der Waals surface area contributed by atoms with Crippen LogP contribution in [0.2, 0.25) is 5.02 Å². The van der Waals surface area contributed by atoms with Gasteiger partial charge in [-0.3, -0.25) is 9.59 Å². The molecule has 5 nitrogen and oxygen atoms in total. The molecule has 1 unspecified atom stereocenters. The zero-order valence-electron chi connectivity index (χ0n) is 12.3. The SMILES string of the molecule is O=C1CCC(C(=O)Nc2ccc(Cl)cc2Nc2ccccc2)N1. The zero-order chi connectivity index (χ0) is 16.2. The van der Waals surface area contributed by atoms with Gasteiger partial charge in [-0.2, -0.15) is 0 Å². The number of para-hydroxylation sites is 1. The van der Waals surface area contributed by atoms with Crippen LogP contribution >= 0.6 is 11.6 Å². The van der Waals surface area contributed by atoms with E-state index in [0.717, 1.165) is 5.69 Å². The second-order valence-electron chi connectivity index (χ2n) is 5.33. The number of hydrogen-bond donors (Lipinski definition) is 3. The van der Waals surface area contributed by atoms with Gasteiger partial charge in [0.2, 0.25) is 11.8 Å². The second-order valence-corrected chi connectivity index (χ2v) is 5.77. The normalized spacial score (nSPS) is 16.7. The van der Waals surface area contributed by atoms with Gasteiger partial charge in [-0.15, -0.1) is 0 Å². The lowest BCUT2D eigenvalue weighted by atomic mass is 10.2. The highest BCUT2D eigenvalue weighted by atomic mass is 35.5. The molecule has 6 heteroatoms. The Morgan fingerprint density at radius 1 is 1.13 bits per heavy atom. The van der Waals surface area contributed by atoms with E-state index in [4.69, 9.17) is 11.6 Å². The summed E-state index contributed by atoms with van der Waals surface area (Å²) in [6, 6.07) is 14.3. The number of rotatable bonds is 4. The quantitative estimate of drug-likeness (QED) is 0.806. The van der Waals surface area contributed by atoms with Crippen molar-refractivity contribution in [2.45, 2.75) is 18.9 Å². The van der Waals surface area contributed by atoms with Crippen LogP contribution < -0.4 is 16.0 Å². The second kappa shape index (κ2) is 6.71. The number of halogens is 1. The van der Waals surface area contributed by atoms with E-state index in [-0.39, 0.29) is 11.8 Å². The molecular weight excluding hydrogens is 314 g/mol. The summed E-state index contributed by atoms with van der Waals surface area (Å²) in [5.41, 5.74) is 2.20. The summed E-state index contributed by atoms with van der Waals surface area (Å²) in [7, 11) is 0. The van der Waals surface area contributed by atoms with Gasteiger partial charge in [-0.25, -0.2) is 0 Å². The van der Waals surface area contributed by atoms with Gasteiger partial charge in [0, 0.05) is 17.1 Å². The van der Waals surface area contributed by atoms with Crippen molar-refractivity contribution in [3.63, 3.8) is 0 Å². The maximum atomic E-state index is 12.3. The summed E-state index contributed by atoms with van der Waals surface area (Å²) in [5, 5.41) is 9.30. The molecule has 2 amide bonds. The Morgan fingerprint density at radius 2 is 1.91 bits per heavy atom. The summed E-state index contributed by atoms with van der Waals surface area (Å²) in [6.45, 7) is 0. The van der Waals surface area contributed by atoms with Crippen LogP contribution in [0, 0.1) is 0 Å². The van der Waals surface area contributed by atoms with Crippen molar-refractivity contribution in [2.24, 2.45) is 0 Å². The number of amides is 2. The Balaban J connectivity index is 1.79. The molecule has 0 saturated carbocycles. The van der Waals surface area contributed by atoms with Gasteiger partial charge >= 0.3 is 0 Å². The van der Waals surface area contributed by atoms with E-state index in [1.165, 1.54) is 0 Å². The van der Waals surface area contributed by atoms with Crippen LogP contribution in [0.25, 0.3) is 0 Å². The van der Waals surface area contributed by atoms with Crippen molar-refractivity contribution in [3.8, 4) is 0 Å². The Labute approximate surface area is 139 Å². The fourth-order valence-corrected chi connectivity index (χ4v) is 2.61. The highest BCUT2D eigenvalue weighted by Crippen LogP contribution is 2.29. The summed E-state index contributed by atoms with van der Waals surface area (Å²) < 4.78 is 0. The predicted octanol–water partition coefficient (Wildman–Crippen LogP) is 3.30. The highest BCUT2D eigenvalue weighted by Gasteiger charge is 2.27. The van der Waals surface area contributed by atoms with Crippen molar-refractivity contribution in [2.75, 3.05) is 10.6 Å². The van der Waals surface area contributed by atoms with Crippen molar-refractivity contribution < 1.29 is 9.59 Å². The van der Waals surface area contributed by atoms with Crippen LogP contribution in [0.5, 0.6) is 0 Å².